The molecule has 5 nitrogen and oxygen atoms in total. The number of amides is 2. The number of nitrogens with zero attached hydrogens (tertiary/aromatic N) is 1. The molecule has 0 aliphatic rings. The average molecular weight is 340 g/mol. The van der Waals surface area contributed by atoms with Gasteiger partial charge in [-0.3, -0.25) is 9.59 Å². The molecule has 0 spiro atoms. The van der Waals surface area contributed by atoms with Crippen LogP contribution in [0.3, 0.4) is 0 Å². The van der Waals surface area contributed by atoms with Crippen molar-refractivity contribution in [2.24, 2.45) is 0 Å². The standard InChI is InChI=1S/C20H24N2O3/c1-16(23)22(14-18-7-4-3-5-8-18)15-20(24)21-12-11-17-9-6-10-19(13-17)25-2/h3-10,13H,11-12,14-15H2,1-2H3,(H,21,24). The van der Waals surface area contributed by atoms with Gasteiger partial charge in [0.25, 0.3) is 0 Å². The summed E-state index contributed by atoms with van der Waals surface area (Å²) in [7, 11) is 1.63. The van der Waals surface area contributed by atoms with Gasteiger partial charge in [-0.2, -0.15) is 0 Å². The first-order chi connectivity index (χ1) is 12.1. The van der Waals surface area contributed by atoms with Crippen LogP contribution >= 0.6 is 0 Å². The monoisotopic (exact) mass is 340 g/mol. The van der Waals surface area contributed by atoms with Crippen LogP contribution in [-0.4, -0.2) is 36.9 Å². The quantitative estimate of drug-likeness (QED) is 0.803. The van der Waals surface area contributed by atoms with Crippen molar-refractivity contribution < 1.29 is 14.3 Å². The molecule has 2 amide bonds. The van der Waals surface area contributed by atoms with Gasteiger partial charge in [-0.05, 0) is 29.7 Å². The normalized spacial score (nSPS) is 10.2. The maximum absolute atomic E-state index is 12.1. The predicted molar refractivity (Wildman–Crippen MR) is 97.2 cm³/mol. The molecule has 0 saturated carbocycles. The Balaban J connectivity index is 1.81. The van der Waals surface area contributed by atoms with Gasteiger partial charge >= 0.3 is 0 Å². The lowest BCUT2D eigenvalue weighted by atomic mass is 10.1. The van der Waals surface area contributed by atoms with E-state index < -0.39 is 0 Å². The number of carbonyl (C=O) groups is 2. The molecule has 0 aromatic heterocycles. The summed E-state index contributed by atoms with van der Waals surface area (Å²) in [5.74, 6) is 0.523. The Hall–Kier alpha value is -2.82. The van der Waals surface area contributed by atoms with Crippen LogP contribution in [0.4, 0.5) is 0 Å². The molecule has 0 aliphatic heterocycles. The molecule has 0 heterocycles. The number of nitrogens with one attached hydrogen (secondary N) is 1. The fraction of sp³-hybridized carbons (Fsp3) is 0.300. The molecular formula is C20H24N2O3. The van der Waals surface area contributed by atoms with Crippen molar-refractivity contribution >= 4 is 11.8 Å². The second kappa shape index (κ2) is 9.47. The van der Waals surface area contributed by atoms with E-state index in [0.29, 0.717) is 19.5 Å². The molecule has 2 aromatic carbocycles. The van der Waals surface area contributed by atoms with Gasteiger partial charge in [0.05, 0.1) is 13.7 Å². The van der Waals surface area contributed by atoms with E-state index >= 15 is 0 Å². The number of rotatable bonds is 8. The van der Waals surface area contributed by atoms with Crippen LogP contribution in [-0.2, 0) is 22.6 Å². The first kappa shape index (κ1) is 18.5. The third-order valence-corrected chi connectivity index (χ3v) is 3.87. The van der Waals surface area contributed by atoms with Crippen molar-refractivity contribution in [2.45, 2.75) is 19.9 Å². The maximum Gasteiger partial charge on any atom is 0.239 e. The van der Waals surface area contributed by atoms with E-state index in [2.05, 4.69) is 5.32 Å². The van der Waals surface area contributed by atoms with Crippen molar-refractivity contribution in [1.29, 1.82) is 0 Å². The number of ether oxygens (including phenoxy) is 1. The molecule has 2 rings (SSSR count). The van der Waals surface area contributed by atoms with Crippen LogP contribution in [0.25, 0.3) is 0 Å². The van der Waals surface area contributed by atoms with E-state index in [1.54, 1.807) is 7.11 Å². The van der Waals surface area contributed by atoms with Gasteiger partial charge < -0.3 is 15.0 Å². The third kappa shape index (κ3) is 6.30. The van der Waals surface area contributed by atoms with Crippen molar-refractivity contribution in [3.8, 4) is 5.75 Å². The summed E-state index contributed by atoms with van der Waals surface area (Å²) in [6.45, 7) is 2.48. The molecule has 0 fully saturated rings. The lowest BCUT2D eigenvalue weighted by Crippen LogP contribution is -2.39. The van der Waals surface area contributed by atoms with Crippen molar-refractivity contribution in [2.75, 3.05) is 20.2 Å². The van der Waals surface area contributed by atoms with Crippen LogP contribution < -0.4 is 10.1 Å². The van der Waals surface area contributed by atoms with Gasteiger partial charge in [-0.25, -0.2) is 0 Å². The van der Waals surface area contributed by atoms with E-state index in [0.717, 1.165) is 16.9 Å². The Morgan fingerprint density at radius 1 is 1.04 bits per heavy atom. The van der Waals surface area contributed by atoms with E-state index in [9.17, 15) is 9.59 Å². The van der Waals surface area contributed by atoms with Crippen LogP contribution in [0.5, 0.6) is 5.75 Å². The zero-order valence-electron chi connectivity index (χ0n) is 14.7. The summed E-state index contributed by atoms with van der Waals surface area (Å²) in [6, 6.07) is 17.4. The van der Waals surface area contributed by atoms with E-state index in [1.807, 2.05) is 54.6 Å². The fourth-order valence-corrected chi connectivity index (χ4v) is 2.49. The van der Waals surface area contributed by atoms with Crippen LogP contribution in [0.1, 0.15) is 18.1 Å². The molecule has 0 saturated heterocycles. The highest BCUT2D eigenvalue weighted by atomic mass is 16.5. The summed E-state index contributed by atoms with van der Waals surface area (Å²) in [5.41, 5.74) is 2.09. The van der Waals surface area contributed by atoms with Crippen molar-refractivity contribution in [3.05, 3.63) is 65.7 Å². The fourth-order valence-electron chi connectivity index (χ4n) is 2.49. The molecule has 0 radical (unpaired) electrons. The van der Waals surface area contributed by atoms with Crippen LogP contribution in [0.15, 0.2) is 54.6 Å². The minimum atomic E-state index is -0.158. The molecule has 5 heteroatoms. The minimum absolute atomic E-state index is 0.0579. The van der Waals surface area contributed by atoms with Gasteiger partial charge in [-0.15, -0.1) is 0 Å². The highest BCUT2D eigenvalue weighted by Crippen LogP contribution is 2.12. The minimum Gasteiger partial charge on any atom is -0.497 e. The Bertz CT molecular complexity index is 701. The average Bonchev–Trinajstić information content (AvgIpc) is 2.62. The topological polar surface area (TPSA) is 58.6 Å². The number of carbonyl (C=O) groups excluding carboxylic acids is 2. The molecule has 0 atom stereocenters. The first-order valence-corrected chi connectivity index (χ1v) is 8.27. The smallest absolute Gasteiger partial charge is 0.239 e. The van der Waals surface area contributed by atoms with Crippen LogP contribution in [0, 0.1) is 0 Å². The molecule has 2 aromatic rings. The summed E-state index contributed by atoms with van der Waals surface area (Å²) >= 11 is 0. The summed E-state index contributed by atoms with van der Waals surface area (Å²) in [5, 5.41) is 2.87. The zero-order valence-corrected chi connectivity index (χ0v) is 14.7. The Kier molecular flexibility index (Phi) is 7.01. The first-order valence-electron chi connectivity index (χ1n) is 8.27. The van der Waals surface area contributed by atoms with Gasteiger partial charge in [0.1, 0.15) is 5.75 Å². The SMILES string of the molecule is COc1cccc(CCNC(=O)CN(Cc2ccccc2)C(C)=O)c1. The lowest BCUT2D eigenvalue weighted by molar-refractivity contribution is -0.134. The van der Waals surface area contributed by atoms with Gasteiger partial charge in [0.2, 0.25) is 11.8 Å². The largest absolute Gasteiger partial charge is 0.497 e. The molecule has 1 N–H and O–H groups in total. The van der Waals surface area contributed by atoms with E-state index in [-0.39, 0.29) is 18.4 Å². The molecule has 132 valence electrons. The van der Waals surface area contributed by atoms with Gasteiger partial charge in [-0.1, -0.05) is 42.5 Å². The Morgan fingerprint density at radius 3 is 2.44 bits per heavy atom. The van der Waals surface area contributed by atoms with Gasteiger partial charge in [0, 0.05) is 20.0 Å². The van der Waals surface area contributed by atoms with Crippen molar-refractivity contribution in [3.63, 3.8) is 0 Å². The second-order valence-electron chi connectivity index (χ2n) is 5.81. The highest BCUT2D eigenvalue weighted by Gasteiger charge is 2.13. The number of hydrogen-bond acceptors (Lipinski definition) is 3. The van der Waals surface area contributed by atoms with Crippen LogP contribution in [0.2, 0.25) is 0 Å². The second-order valence-corrected chi connectivity index (χ2v) is 5.81. The van der Waals surface area contributed by atoms with E-state index in [1.165, 1.54) is 11.8 Å². The zero-order chi connectivity index (χ0) is 18.1. The molecule has 0 unspecified atom stereocenters. The highest BCUT2D eigenvalue weighted by molar-refractivity contribution is 5.83. The van der Waals surface area contributed by atoms with E-state index in [4.69, 9.17) is 4.74 Å². The van der Waals surface area contributed by atoms with Gasteiger partial charge in [0.15, 0.2) is 0 Å². The summed E-state index contributed by atoms with van der Waals surface area (Å²) in [4.78, 5) is 25.5. The number of methoxy groups -OCH3 is 1. The maximum atomic E-state index is 12.1. The lowest BCUT2D eigenvalue weighted by Gasteiger charge is -2.20. The number of hydrogen-bond donors (Lipinski definition) is 1. The Labute approximate surface area is 148 Å². The predicted octanol–water partition coefficient (Wildman–Crippen LogP) is 2.40. The summed E-state index contributed by atoms with van der Waals surface area (Å²) < 4.78 is 5.19. The molecular weight excluding hydrogens is 316 g/mol. The number of benzene rings is 2. The molecule has 0 aliphatic carbocycles. The Morgan fingerprint density at radius 2 is 1.76 bits per heavy atom. The molecule has 25 heavy (non-hydrogen) atoms. The summed E-state index contributed by atoms with van der Waals surface area (Å²) in [6.07, 6.45) is 0.710. The molecule has 0 bridgehead atoms. The third-order valence-electron chi connectivity index (χ3n) is 3.87. The van der Waals surface area contributed by atoms with Crippen molar-refractivity contribution in [1.82, 2.24) is 10.2 Å².